The molecule has 2 aliphatic rings. The highest BCUT2D eigenvalue weighted by Crippen LogP contribution is 2.35. The Morgan fingerprint density at radius 2 is 1.47 bits per heavy atom. The second-order valence-electron chi connectivity index (χ2n) is 10.2. The molecule has 0 atom stereocenters. The van der Waals surface area contributed by atoms with Crippen LogP contribution in [0.25, 0.3) is 11.0 Å². The Hall–Kier alpha value is -3.67. The summed E-state index contributed by atoms with van der Waals surface area (Å²) in [5, 5.41) is 3.63. The fraction of sp³-hybridized carbons (Fsp3) is 0.367. The number of benzene rings is 3. The van der Waals surface area contributed by atoms with E-state index in [-0.39, 0.29) is 5.69 Å². The van der Waals surface area contributed by atoms with Crippen LogP contribution in [0.3, 0.4) is 0 Å². The minimum Gasteiger partial charge on any atom is -0.368 e. The minimum atomic E-state index is 0.00674. The molecule has 0 spiro atoms. The Bertz CT molecular complexity index is 1350. The summed E-state index contributed by atoms with van der Waals surface area (Å²) < 4.78 is 1.99. The van der Waals surface area contributed by atoms with Crippen LogP contribution in [0.5, 0.6) is 0 Å². The lowest BCUT2D eigenvalue weighted by atomic mass is 9.89. The van der Waals surface area contributed by atoms with E-state index < -0.39 is 0 Å². The molecule has 0 radical (unpaired) electrons. The van der Waals surface area contributed by atoms with E-state index in [0.29, 0.717) is 5.92 Å². The van der Waals surface area contributed by atoms with Crippen LogP contribution in [0.4, 0.5) is 22.7 Å². The third-order valence-electron chi connectivity index (χ3n) is 7.85. The number of H-pyrrole nitrogens is 1. The predicted molar refractivity (Wildman–Crippen MR) is 150 cm³/mol. The number of hydrogen-bond acceptors (Lipinski definition) is 4. The monoisotopic (exact) mass is 481 g/mol. The average molecular weight is 482 g/mol. The number of aromatic amines is 1. The van der Waals surface area contributed by atoms with Crippen LogP contribution in [0.1, 0.15) is 32.1 Å². The van der Waals surface area contributed by atoms with Crippen LogP contribution in [0, 0.1) is 5.92 Å². The highest BCUT2D eigenvalue weighted by Gasteiger charge is 2.23. The number of hydrogen-bond donors (Lipinski definition) is 2. The zero-order valence-corrected chi connectivity index (χ0v) is 20.8. The lowest BCUT2D eigenvalue weighted by molar-refractivity contribution is 0.319. The van der Waals surface area contributed by atoms with Crippen molar-refractivity contribution in [1.29, 1.82) is 0 Å². The van der Waals surface area contributed by atoms with E-state index >= 15 is 0 Å². The molecule has 1 saturated heterocycles. The Kier molecular flexibility index (Phi) is 6.41. The zero-order valence-electron chi connectivity index (χ0n) is 20.8. The molecule has 6 rings (SSSR count). The average Bonchev–Trinajstić information content (AvgIpc) is 3.23. The maximum Gasteiger partial charge on any atom is 0.326 e. The van der Waals surface area contributed by atoms with Crippen molar-refractivity contribution in [3.05, 3.63) is 83.3 Å². The van der Waals surface area contributed by atoms with Gasteiger partial charge in [-0.25, -0.2) is 4.79 Å². The maximum atomic E-state index is 13.0. The van der Waals surface area contributed by atoms with E-state index in [9.17, 15) is 4.79 Å². The number of nitrogens with zero attached hydrogens (tertiary/aromatic N) is 3. The van der Waals surface area contributed by atoms with Gasteiger partial charge in [-0.2, -0.15) is 0 Å². The third kappa shape index (κ3) is 4.72. The lowest BCUT2D eigenvalue weighted by Gasteiger charge is -2.38. The van der Waals surface area contributed by atoms with Crippen LogP contribution in [-0.4, -0.2) is 35.7 Å². The van der Waals surface area contributed by atoms with E-state index in [0.717, 1.165) is 60.8 Å². The van der Waals surface area contributed by atoms with Crippen molar-refractivity contribution in [2.45, 2.75) is 38.6 Å². The van der Waals surface area contributed by atoms with Crippen molar-refractivity contribution < 1.29 is 0 Å². The molecule has 4 aromatic rings. The standard InChI is InChI=1S/C30H35N5O/c36-30-32-27-20-26(31-24-12-6-2-7-13-24)28(21-29(27)35(30)22-23-10-4-1-5-11-23)34-18-16-33(17-19-34)25-14-8-3-9-15-25/h2-3,6-9,12-15,20-21,23,31H,1,4-5,10-11,16-19,22H2,(H,32,36). The van der Waals surface area contributed by atoms with Crippen molar-refractivity contribution in [1.82, 2.24) is 9.55 Å². The van der Waals surface area contributed by atoms with E-state index in [4.69, 9.17) is 0 Å². The van der Waals surface area contributed by atoms with Crippen molar-refractivity contribution in [3.63, 3.8) is 0 Å². The van der Waals surface area contributed by atoms with Gasteiger partial charge in [0, 0.05) is 44.1 Å². The van der Waals surface area contributed by atoms with Crippen LogP contribution in [0.15, 0.2) is 77.6 Å². The van der Waals surface area contributed by atoms with Gasteiger partial charge < -0.3 is 20.1 Å². The topological polar surface area (TPSA) is 56.3 Å². The van der Waals surface area contributed by atoms with Crippen LogP contribution < -0.4 is 20.8 Å². The summed E-state index contributed by atoms with van der Waals surface area (Å²) in [6.07, 6.45) is 6.34. The lowest BCUT2D eigenvalue weighted by Crippen LogP contribution is -2.46. The molecule has 1 aliphatic heterocycles. The summed E-state index contributed by atoms with van der Waals surface area (Å²) >= 11 is 0. The fourth-order valence-corrected chi connectivity index (χ4v) is 5.89. The van der Waals surface area contributed by atoms with Crippen LogP contribution in [-0.2, 0) is 6.54 Å². The molecule has 2 N–H and O–H groups in total. The highest BCUT2D eigenvalue weighted by atomic mass is 16.1. The normalized spacial score (nSPS) is 17.0. The van der Waals surface area contributed by atoms with Gasteiger partial charge in [-0.3, -0.25) is 4.57 Å². The van der Waals surface area contributed by atoms with Gasteiger partial charge in [0.2, 0.25) is 0 Å². The SMILES string of the molecule is O=c1[nH]c2cc(Nc3ccccc3)c(N3CCN(c4ccccc4)CC3)cc2n1CC1CCCCC1. The number of rotatable bonds is 6. The summed E-state index contributed by atoms with van der Waals surface area (Å²) in [6, 6.07) is 25.3. The number of imidazole rings is 1. The summed E-state index contributed by atoms with van der Waals surface area (Å²) in [5.41, 5.74) is 6.45. The first kappa shape index (κ1) is 22.8. The maximum absolute atomic E-state index is 13.0. The fourth-order valence-electron chi connectivity index (χ4n) is 5.89. The molecule has 6 nitrogen and oxygen atoms in total. The first-order chi connectivity index (χ1) is 17.7. The van der Waals surface area contributed by atoms with E-state index in [1.807, 2.05) is 22.8 Å². The first-order valence-electron chi connectivity index (χ1n) is 13.4. The van der Waals surface area contributed by atoms with Crippen molar-refractivity contribution in [3.8, 4) is 0 Å². The Balaban J connectivity index is 1.34. The summed E-state index contributed by atoms with van der Waals surface area (Å²) in [5.74, 6) is 0.593. The predicted octanol–water partition coefficient (Wildman–Crippen LogP) is 5.98. The summed E-state index contributed by atoms with van der Waals surface area (Å²) in [7, 11) is 0. The van der Waals surface area contributed by atoms with Crippen LogP contribution >= 0.6 is 0 Å². The van der Waals surface area contributed by atoms with Crippen molar-refractivity contribution in [2.75, 3.05) is 41.3 Å². The number of nitrogens with one attached hydrogen (secondary N) is 2. The zero-order chi connectivity index (χ0) is 24.3. The molecular weight excluding hydrogens is 446 g/mol. The molecule has 0 amide bonds. The molecule has 186 valence electrons. The molecule has 3 aromatic carbocycles. The summed E-state index contributed by atoms with van der Waals surface area (Å²) in [4.78, 5) is 21.1. The smallest absolute Gasteiger partial charge is 0.326 e. The molecule has 36 heavy (non-hydrogen) atoms. The van der Waals surface area contributed by atoms with E-state index in [1.165, 1.54) is 37.8 Å². The molecule has 0 bridgehead atoms. The number of piperazine rings is 1. The first-order valence-corrected chi connectivity index (χ1v) is 13.4. The quantitative estimate of drug-likeness (QED) is 0.356. The largest absolute Gasteiger partial charge is 0.368 e. The van der Waals surface area contributed by atoms with Gasteiger partial charge in [-0.1, -0.05) is 55.7 Å². The number of aromatic nitrogens is 2. The van der Waals surface area contributed by atoms with Gasteiger partial charge in [-0.15, -0.1) is 0 Å². The molecule has 1 aliphatic carbocycles. The molecule has 1 aromatic heterocycles. The molecular formula is C30H35N5O. The van der Waals surface area contributed by atoms with Gasteiger partial charge in [0.15, 0.2) is 0 Å². The summed E-state index contributed by atoms with van der Waals surface area (Å²) in [6.45, 7) is 4.61. The molecule has 1 saturated carbocycles. The van der Waals surface area contributed by atoms with Crippen molar-refractivity contribution >= 4 is 33.8 Å². The number of anilines is 4. The highest BCUT2D eigenvalue weighted by molar-refractivity contribution is 5.90. The minimum absolute atomic E-state index is 0.00674. The van der Waals surface area contributed by atoms with Crippen LogP contribution in [0.2, 0.25) is 0 Å². The van der Waals surface area contributed by atoms with Gasteiger partial charge in [-0.05, 0) is 55.2 Å². The molecule has 6 heteroatoms. The molecule has 2 heterocycles. The molecule has 0 unspecified atom stereocenters. The van der Waals surface area contributed by atoms with Gasteiger partial charge >= 0.3 is 5.69 Å². The van der Waals surface area contributed by atoms with Gasteiger partial charge in [0.1, 0.15) is 0 Å². The van der Waals surface area contributed by atoms with E-state index in [2.05, 4.69) is 74.7 Å². The third-order valence-corrected chi connectivity index (χ3v) is 7.85. The van der Waals surface area contributed by atoms with Gasteiger partial charge in [0.05, 0.1) is 22.4 Å². The van der Waals surface area contributed by atoms with Gasteiger partial charge in [0.25, 0.3) is 0 Å². The second kappa shape index (κ2) is 10.1. The number of fused-ring (bicyclic) bond motifs is 1. The van der Waals surface area contributed by atoms with Crippen molar-refractivity contribution in [2.24, 2.45) is 5.92 Å². The Morgan fingerprint density at radius 1 is 0.806 bits per heavy atom. The molecule has 2 fully saturated rings. The van der Waals surface area contributed by atoms with E-state index in [1.54, 1.807) is 0 Å². The second-order valence-corrected chi connectivity index (χ2v) is 10.2. The Morgan fingerprint density at radius 3 is 2.19 bits per heavy atom. The Labute approximate surface area is 212 Å². The number of para-hydroxylation sites is 2.